The van der Waals surface area contributed by atoms with Crippen molar-refractivity contribution in [3.63, 3.8) is 0 Å². The zero-order valence-corrected chi connectivity index (χ0v) is 16.4. The Kier molecular flexibility index (Phi) is 14.7. The Balaban J connectivity index is 3.59. The predicted molar refractivity (Wildman–Crippen MR) is 101 cm³/mol. The van der Waals surface area contributed by atoms with Gasteiger partial charge in [-0.15, -0.1) is 0 Å². The molecule has 0 N–H and O–H groups in total. The molecular weight excluding hydrogens is 296 g/mol. The van der Waals surface area contributed by atoms with Gasteiger partial charge < -0.3 is 9.80 Å². The standard InChI is InChI=1S/C20H38N4/c1-5-23(17-19(3)15-21)13-11-9-7-8-10-12-14-24(6-2)18-20(4)16-22/h19-20H,5-14,17-18H2,1-4H3. The van der Waals surface area contributed by atoms with Crippen molar-refractivity contribution in [1.82, 2.24) is 9.80 Å². The lowest BCUT2D eigenvalue weighted by atomic mass is 10.1. The fourth-order valence-corrected chi connectivity index (χ4v) is 2.99. The summed E-state index contributed by atoms with van der Waals surface area (Å²) in [5.74, 6) is 0.269. The van der Waals surface area contributed by atoms with E-state index in [0.29, 0.717) is 0 Å². The van der Waals surface area contributed by atoms with Gasteiger partial charge in [-0.3, -0.25) is 0 Å². The van der Waals surface area contributed by atoms with E-state index < -0.39 is 0 Å². The summed E-state index contributed by atoms with van der Waals surface area (Å²) >= 11 is 0. The number of hydrogen-bond donors (Lipinski definition) is 0. The second kappa shape index (κ2) is 15.4. The topological polar surface area (TPSA) is 54.1 Å². The highest BCUT2D eigenvalue weighted by atomic mass is 15.1. The molecule has 0 heterocycles. The van der Waals surface area contributed by atoms with Crippen molar-refractivity contribution in [3.8, 4) is 12.1 Å². The molecule has 0 aromatic carbocycles. The molecule has 0 aromatic heterocycles. The monoisotopic (exact) mass is 334 g/mol. The third-order valence-corrected chi connectivity index (χ3v) is 4.60. The van der Waals surface area contributed by atoms with Crippen molar-refractivity contribution in [2.24, 2.45) is 11.8 Å². The van der Waals surface area contributed by atoms with Crippen molar-refractivity contribution in [2.45, 2.75) is 66.2 Å². The van der Waals surface area contributed by atoms with E-state index in [2.05, 4.69) is 35.8 Å². The van der Waals surface area contributed by atoms with Gasteiger partial charge >= 0.3 is 0 Å². The second-order valence-corrected chi connectivity index (χ2v) is 6.97. The van der Waals surface area contributed by atoms with E-state index in [4.69, 9.17) is 10.5 Å². The molecule has 2 unspecified atom stereocenters. The van der Waals surface area contributed by atoms with Crippen molar-refractivity contribution >= 4 is 0 Å². The number of rotatable bonds is 15. The average Bonchev–Trinajstić information content (AvgIpc) is 2.60. The van der Waals surface area contributed by atoms with Crippen molar-refractivity contribution in [3.05, 3.63) is 0 Å². The SMILES string of the molecule is CCN(CCCCCCCCN(CC)CC(C)C#N)CC(C)C#N. The molecule has 0 fully saturated rings. The van der Waals surface area contributed by atoms with E-state index in [9.17, 15) is 0 Å². The molecule has 0 aliphatic carbocycles. The molecule has 0 aliphatic rings. The van der Waals surface area contributed by atoms with Crippen molar-refractivity contribution in [1.29, 1.82) is 10.5 Å². The van der Waals surface area contributed by atoms with Gasteiger partial charge in [-0.05, 0) is 52.9 Å². The highest BCUT2D eigenvalue weighted by molar-refractivity contribution is 4.81. The van der Waals surface area contributed by atoms with Gasteiger partial charge in [-0.1, -0.05) is 39.5 Å². The Labute approximate surface area is 150 Å². The van der Waals surface area contributed by atoms with Crippen molar-refractivity contribution < 1.29 is 0 Å². The van der Waals surface area contributed by atoms with Gasteiger partial charge in [0.1, 0.15) is 0 Å². The van der Waals surface area contributed by atoms with Gasteiger partial charge in [0.05, 0.1) is 24.0 Å². The first-order chi connectivity index (χ1) is 11.6. The second-order valence-electron chi connectivity index (χ2n) is 6.97. The van der Waals surface area contributed by atoms with Crippen LogP contribution in [0.5, 0.6) is 0 Å². The van der Waals surface area contributed by atoms with E-state index >= 15 is 0 Å². The lowest BCUT2D eigenvalue weighted by Crippen LogP contribution is -2.29. The van der Waals surface area contributed by atoms with Crippen LogP contribution < -0.4 is 0 Å². The summed E-state index contributed by atoms with van der Waals surface area (Å²) in [7, 11) is 0. The van der Waals surface area contributed by atoms with E-state index in [-0.39, 0.29) is 11.8 Å². The third-order valence-electron chi connectivity index (χ3n) is 4.60. The van der Waals surface area contributed by atoms with Crippen LogP contribution in [-0.4, -0.2) is 49.1 Å². The molecule has 0 saturated carbocycles. The Bertz CT molecular complexity index is 333. The minimum absolute atomic E-state index is 0.134. The maximum Gasteiger partial charge on any atom is 0.0666 e. The summed E-state index contributed by atoms with van der Waals surface area (Å²) in [6, 6.07) is 4.64. The number of hydrogen-bond acceptors (Lipinski definition) is 4. The summed E-state index contributed by atoms with van der Waals surface area (Å²) in [6.45, 7) is 14.5. The van der Waals surface area contributed by atoms with E-state index in [1.807, 2.05) is 13.8 Å². The third kappa shape index (κ3) is 12.3. The number of nitriles is 2. The van der Waals surface area contributed by atoms with Crippen LogP contribution in [0, 0.1) is 34.5 Å². The average molecular weight is 335 g/mol. The largest absolute Gasteiger partial charge is 0.302 e. The van der Waals surface area contributed by atoms with E-state index in [1.54, 1.807) is 0 Å². The zero-order chi connectivity index (χ0) is 18.2. The summed E-state index contributed by atoms with van der Waals surface area (Å²) in [5.41, 5.74) is 0. The number of unbranched alkanes of at least 4 members (excludes halogenated alkanes) is 5. The molecule has 24 heavy (non-hydrogen) atoms. The van der Waals surface area contributed by atoms with Crippen LogP contribution in [0.25, 0.3) is 0 Å². The Morgan fingerprint density at radius 2 is 1.00 bits per heavy atom. The fraction of sp³-hybridized carbons (Fsp3) is 0.900. The van der Waals surface area contributed by atoms with Gasteiger partial charge in [0.25, 0.3) is 0 Å². The molecule has 2 atom stereocenters. The van der Waals surface area contributed by atoms with E-state index in [1.165, 1.54) is 38.5 Å². The Morgan fingerprint density at radius 3 is 1.29 bits per heavy atom. The molecule has 0 saturated heterocycles. The number of nitrogens with zero attached hydrogens (tertiary/aromatic N) is 4. The molecule has 138 valence electrons. The van der Waals surface area contributed by atoms with Crippen LogP contribution in [0.2, 0.25) is 0 Å². The molecule has 0 spiro atoms. The van der Waals surface area contributed by atoms with Gasteiger partial charge in [0.15, 0.2) is 0 Å². The summed E-state index contributed by atoms with van der Waals surface area (Å²) < 4.78 is 0. The zero-order valence-electron chi connectivity index (χ0n) is 16.4. The Morgan fingerprint density at radius 1 is 0.667 bits per heavy atom. The van der Waals surface area contributed by atoms with Gasteiger partial charge in [-0.2, -0.15) is 10.5 Å². The maximum absolute atomic E-state index is 8.89. The lowest BCUT2D eigenvalue weighted by Gasteiger charge is -2.21. The first-order valence-electron chi connectivity index (χ1n) is 9.81. The van der Waals surface area contributed by atoms with E-state index in [0.717, 1.165) is 39.3 Å². The van der Waals surface area contributed by atoms with Crippen molar-refractivity contribution in [2.75, 3.05) is 39.3 Å². The van der Waals surface area contributed by atoms with Crippen LogP contribution in [0.3, 0.4) is 0 Å². The molecule has 0 radical (unpaired) electrons. The molecule has 0 rings (SSSR count). The maximum atomic E-state index is 8.89. The smallest absolute Gasteiger partial charge is 0.0666 e. The van der Waals surface area contributed by atoms with Gasteiger partial charge in [0, 0.05) is 13.1 Å². The summed E-state index contributed by atoms with van der Waals surface area (Å²) in [4.78, 5) is 4.78. The molecule has 4 nitrogen and oxygen atoms in total. The molecular formula is C20H38N4. The molecule has 0 amide bonds. The van der Waals surface area contributed by atoms with Crippen LogP contribution >= 0.6 is 0 Å². The van der Waals surface area contributed by atoms with Gasteiger partial charge in [-0.25, -0.2) is 0 Å². The minimum atomic E-state index is 0.134. The van der Waals surface area contributed by atoms with Crippen LogP contribution in [0.15, 0.2) is 0 Å². The quantitative estimate of drug-likeness (QED) is 0.419. The predicted octanol–water partition coefficient (Wildman–Crippen LogP) is 4.29. The normalized spacial score (nSPS) is 13.7. The molecule has 0 bridgehead atoms. The highest BCUT2D eigenvalue weighted by Crippen LogP contribution is 2.09. The first-order valence-corrected chi connectivity index (χ1v) is 9.81. The van der Waals surface area contributed by atoms with Crippen LogP contribution in [0.1, 0.15) is 66.2 Å². The van der Waals surface area contributed by atoms with Crippen LogP contribution in [0.4, 0.5) is 0 Å². The Hall–Kier alpha value is -1.10. The molecule has 4 heteroatoms. The molecule has 0 aromatic rings. The summed E-state index contributed by atoms with van der Waals surface area (Å²) in [6.07, 6.45) is 7.69. The fourth-order valence-electron chi connectivity index (χ4n) is 2.99. The molecule has 0 aliphatic heterocycles. The lowest BCUT2D eigenvalue weighted by molar-refractivity contribution is 0.258. The summed E-state index contributed by atoms with van der Waals surface area (Å²) in [5, 5.41) is 17.8. The first kappa shape index (κ1) is 22.9. The minimum Gasteiger partial charge on any atom is -0.302 e. The van der Waals surface area contributed by atoms with Gasteiger partial charge in [0.2, 0.25) is 0 Å². The highest BCUT2D eigenvalue weighted by Gasteiger charge is 2.08. The van der Waals surface area contributed by atoms with Crippen LogP contribution in [-0.2, 0) is 0 Å².